The first-order valence-electron chi connectivity index (χ1n) is 4.16. The molecule has 0 aliphatic rings. The number of hydrogen-bond acceptors (Lipinski definition) is 3. The zero-order valence-corrected chi connectivity index (χ0v) is 8.98. The van der Waals surface area contributed by atoms with Crippen LogP contribution in [0.15, 0.2) is 23.1 Å². The number of hydrogen-bond donors (Lipinski definition) is 0. The molecule has 1 aromatic rings. The molecule has 3 heteroatoms. The fraction of sp³-hybridized carbons (Fsp3) is 0.400. The van der Waals surface area contributed by atoms with Crippen LogP contribution < -0.4 is 9.47 Å². The summed E-state index contributed by atoms with van der Waals surface area (Å²) in [5.74, 6) is 2.74. The third-order valence-corrected chi connectivity index (χ3v) is 2.49. The van der Waals surface area contributed by atoms with Crippen LogP contribution in [0.5, 0.6) is 11.5 Å². The zero-order chi connectivity index (χ0) is 9.68. The van der Waals surface area contributed by atoms with E-state index < -0.39 is 0 Å². The van der Waals surface area contributed by atoms with Crippen molar-refractivity contribution in [1.29, 1.82) is 0 Å². The lowest BCUT2D eigenvalue weighted by molar-refractivity contribution is 0.392. The quantitative estimate of drug-likeness (QED) is 0.693. The molecule has 0 fully saturated rings. The van der Waals surface area contributed by atoms with Crippen molar-refractivity contribution in [3.8, 4) is 11.5 Å². The van der Waals surface area contributed by atoms with Gasteiger partial charge in [0.1, 0.15) is 11.5 Å². The standard InChI is InChI=1S/C10H14O2S/c1-4-13-10-6-8(11-2)5-9(7-10)12-3/h5-7H,4H2,1-3H3. The van der Waals surface area contributed by atoms with Gasteiger partial charge in [-0.1, -0.05) is 6.92 Å². The van der Waals surface area contributed by atoms with Crippen LogP contribution in [-0.2, 0) is 0 Å². The first kappa shape index (κ1) is 10.3. The maximum atomic E-state index is 5.15. The van der Waals surface area contributed by atoms with Gasteiger partial charge in [-0.15, -0.1) is 11.8 Å². The van der Waals surface area contributed by atoms with E-state index in [0.29, 0.717) is 0 Å². The summed E-state index contributed by atoms with van der Waals surface area (Å²) in [6, 6.07) is 5.90. The number of methoxy groups -OCH3 is 2. The lowest BCUT2D eigenvalue weighted by Crippen LogP contribution is -1.87. The maximum Gasteiger partial charge on any atom is 0.123 e. The lowest BCUT2D eigenvalue weighted by atomic mass is 10.3. The van der Waals surface area contributed by atoms with Crippen molar-refractivity contribution < 1.29 is 9.47 Å². The van der Waals surface area contributed by atoms with Crippen LogP contribution in [0.25, 0.3) is 0 Å². The van der Waals surface area contributed by atoms with Gasteiger partial charge in [-0.3, -0.25) is 0 Å². The molecular formula is C10H14O2S. The molecule has 0 spiro atoms. The fourth-order valence-corrected chi connectivity index (χ4v) is 1.76. The summed E-state index contributed by atoms with van der Waals surface area (Å²) < 4.78 is 10.3. The van der Waals surface area contributed by atoms with Gasteiger partial charge < -0.3 is 9.47 Å². The van der Waals surface area contributed by atoms with Crippen LogP contribution in [0.4, 0.5) is 0 Å². The predicted octanol–water partition coefficient (Wildman–Crippen LogP) is 2.82. The number of benzene rings is 1. The molecule has 1 rings (SSSR count). The molecule has 13 heavy (non-hydrogen) atoms. The van der Waals surface area contributed by atoms with Gasteiger partial charge in [0.15, 0.2) is 0 Å². The molecule has 72 valence electrons. The van der Waals surface area contributed by atoms with Gasteiger partial charge in [-0.25, -0.2) is 0 Å². The van der Waals surface area contributed by atoms with Crippen molar-refractivity contribution in [2.24, 2.45) is 0 Å². The molecule has 1 aromatic carbocycles. The normalized spacial score (nSPS) is 9.77. The maximum absolute atomic E-state index is 5.15. The van der Waals surface area contributed by atoms with Gasteiger partial charge >= 0.3 is 0 Å². The van der Waals surface area contributed by atoms with Gasteiger partial charge in [0.05, 0.1) is 14.2 Å². The second-order valence-electron chi connectivity index (χ2n) is 2.48. The molecule has 0 aliphatic heterocycles. The van der Waals surface area contributed by atoms with E-state index in [2.05, 4.69) is 6.92 Å². The summed E-state index contributed by atoms with van der Waals surface area (Å²) in [4.78, 5) is 1.18. The molecule has 2 nitrogen and oxygen atoms in total. The summed E-state index contributed by atoms with van der Waals surface area (Å²) in [7, 11) is 3.32. The highest BCUT2D eigenvalue weighted by Gasteiger charge is 2.00. The molecule has 0 radical (unpaired) electrons. The molecule has 0 aliphatic carbocycles. The van der Waals surface area contributed by atoms with Gasteiger partial charge in [-0.2, -0.15) is 0 Å². The van der Waals surface area contributed by atoms with Gasteiger partial charge in [-0.05, 0) is 17.9 Å². The molecular weight excluding hydrogens is 184 g/mol. The fourth-order valence-electron chi connectivity index (χ4n) is 1.03. The Bertz CT molecular complexity index is 251. The Morgan fingerprint density at radius 2 is 1.62 bits per heavy atom. The summed E-state index contributed by atoms with van der Waals surface area (Å²) in [5.41, 5.74) is 0. The zero-order valence-electron chi connectivity index (χ0n) is 8.16. The minimum absolute atomic E-state index is 0.843. The van der Waals surface area contributed by atoms with E-state index in [1.165, 1.54) is 4.90 Å². The van der Waals surface area contributed by atoms with E-state index >= 15 is 0 Å². The Labute approximate surface area is 83.2 Å². The average molecular weight is 198 g/mol. The predicted molar refractivity (Wildman–Crippen MR) is 55.9 cm³/mol. The highest BCUT2D eigenvalue weighted by atomic mass is 32.2. The molecule has 0 aromatic heterocycles. The van der Waals surface area contributed by atoms with Crippen molar-refractivity contribution in [3.63, 3.8) is 0 Å². The van der Waals surface area contributed by atoms with Crippen LogP contribution >= 0.6 is 11.8 Å². The van der Waals surface area contributed by atoms with Crippen molar-refractivity contribution in [3.05, 3.63) is 18.2 Å². The largest absolute Gasteiger partial charge is 0.497 e. The van der Waals surface area contributed by atoms with E-state index in [1.807, 2.05) is 18.2 Å². The SMILES string of the molecule is CCSc1cc(OC)cc(OC)c1. The van der Waals surface area contributed by atoms with Crippen LogP contribution in [0.1, 0.15) is 6.92 Å². The molecule has 0 saturated carbocycles. The average Bonchev–Trinajstić information content (AvgIpc) is 2.17. The third-order valence-electron chi connectivity index (χ3n) is 1.64. The Hall–Kier alpha value is -0.830. The molecule has 0 bridgehead atoms. The van der Waals surface area contributed by atoms with Crippen LogP contribution in [-0.4, -0.2) is 20.0 Å². The topological polar surface area (TPSA) is 18.5 Å². The van der Waals surface area contributed by atoms with Gasteiger partial charge in [0.25, 0.3) is 0 Å². The van der Waals surface area contributed by atoms with Crippen molar-refractivity contribution >= 4 is 11.8 Å². The first-order chi connectivity index (χ1) is 6.30. The van der Waals surface area contributed by atoms with Gasteiger partial charge in [0, 0.05) is 11.0 Å². The number of rotatable bonds is 4. The molecule has 0 N–H and O–H groups in total. The molecule has 0 amide bonds. The Kier molecular flexibility index (Phi) is 3.96. The minimum atomic E-state index is 0.843. The van der Waals surface area contributed by atoms with E-state index in [4.69, 9.17) is 9.47 Å². The second kappa shape index (κ2) is 5.02. The highest BCUT2D eigenvalue weighted by Crippen LogP contribution is 2.28. The first-order valence-corrected chi connectivity index (χ1v) is 5.14. The Balaban J connectivity index is 2.93. The highest BCUT2D eigenvalue weighted by molar-refractivity contribution is 7.99. The van der Waals surface area contributed by atoms with E-state index in [9.17, 15) is 0 Å². The van der Waals surface area contributed by atoms with Gasteiger partial charge in [0.2, 0.25) is 0 Å². The number of thioether (sulfide) groups is 1. The van der Waals surface area contributed by atoms with Crippen LogP contribution in [0, 0.1) is 0 Å². The van der Waals surface area contributed by atoms with Crippen molar-refractivity contribution in [2.75, 3.05) is 20.0 Å². The monoisotopic (exact) mass is 198 g/mol. The minimum Gasteiger partial charge on any atom is -0.497 e. The summed E-state index contributed by atoms with van der Waals surface area (Å²) in [6.45, 7) is 2.12. The Morgan fingerprint density at radius 1 is 1.08 bits per heavy atom. The van der Waals surface area contributed by atoms with Crippen molar-refractivity contribution in [1.82, 2.24) is 0 Å². The molecule has 0 heterocycles. The van der Waals surface area contributed by atoms with Crippen LogP contribution in [0.2, 0.25) is 0 Å². The van der Waals surface area contributed by atoms with Crippen molar-refractivity contribution in [2.45, 2.75) is 11.8 Å². The lowest BCUT2D eigenvalue weighted by Gasteiger charge is -2.06. The Morgan fingerprint density at radius 3 is 2.00 bits per heavy atom. The molecule has 0 atom stereocenters. The summed E-state index contributed by atoms with van der Waals surface area (Å²) >= 11 is 1.77. The van der Waals surface area contributed by atoms with E-state index in [0.717, 1.165) is 17.3 Å². The summed E-state index contributed by atoms with van der Waals surface area (Å²) in [5, 5.41) is 0. The smallest absolute Gasteiger partial charge is 0.123 e. The number of ether oxygens (including phenoxy) is 2. The molecule has 0 unspecified atom stereocenters. The van der Waals surface area contributed by atoms with Crippen LogP contribution in [0.3, 0.4) is 0 Å². The molecule has 0 saturated heterocycles. The third kappa shape index (κ3) is 2.84. The van der Waals surface area contributed by atoms with E-state index in [1.54, 1.807) is 26.0 Å². The summed E-state index contributed by atoms with van der Waals surface area (Å²) in [6.07, 6.45) is 0. The second-order valence-corrected chi connectivity index (χ2v) is 3.82. The van der Waals surface area contributed by atoms with E-state index in [-0.39, 0.29) is 0 Å².